The van der Waals surface area contributed by atoms with Gasteiger partial charge in [0.15, 0.2) is 0 Å². The highest BCUT2D eigenvalue weighted by Crippen LogP contribution is 2.34. The summed E-state index contributed by atoms with van der Waals surface area (Å²) in [5.74, 6) is -2.56. The number of rotatable bonds is 4. The monoisotopic (exact) mass is 251 g/mol. The minimum absolute atomic E-state index is 0.222. The number of nitrogens with one attached hydrogen (secondary N) is 1. The number of carboxylic acids is 1. The molecule has 2 rings (SSSR count). The first-order valence-corrected chi connectivity index (χ1v) is 5.83. The Morgan fingerprint density at radius 1 is 1.33 bits per heavy atom. The van der Waals surface area contributed by atoms with Gasteiger partial charge in [0.05, 0.1) is 11.8 Å². The van der Waals surface area contributed by atoms with E-state index in [1.54, 1.807) is 12.1 Å². The van der Waals surface area contributed by atoms with E-state index in [2.05, 4.69) is 5.32 Å². The van der Waals surface area contributed by atoms with Gasteiger partial charge < -0.3 is 10.4 Å². The molecule has 1 aliphatic rings. The van der Waals surface area contributed by atoms with Gasteiger partial charge in [-0.2, -0.15) is 0 Å². The van der Waals surface area contributed by atoms with Gasteiger partial charge in [-0.05, 0) is 30.5 Å². The number of carboxylic acid groups (broad SMARTS) is 1. The maximum Gasteiger partial charge on any atom is 0.307 e. The van der Waals surface area contributed by atoms with Gasteiger partial charge in [0.1, 0.15) is 5.82 Å². The number of aliphatic carboxylic acids is 1. The van der Waals surface area contributed by atoms with Crippen LogP contribution in [0.1, 0.15) is 18.4 Å². The number of hydrogen-bond donors (Lipinski definition) is 2. The molecule has 1 saturated carbocycles. The largest absolute Gasteiger partial charge is 0.481 e. The molecule has 18 heavy (non-hydrogen) atoms. The highest BCUT2D eigenvalue weighted by Gasteiger charge is 2.41. The molecule has 0 saturated heterocycles. The van der Waals surface area contributed by atoms with E-state index in [1.807, 2.05) is 0 Å². The minimum atomic E-state index is -0.924. The lowest BCUT2D eigenvalue weighted by Crippen LogP contribution is -2.43. The lowest BCUT2D eigenvalue weighted by atomic mass is 9.73. The third-order valence-electron chi connectivity index (χ3n) is 3.28. The fourth-order valence-corrected chi connectivity index (χ4v) is 2.08. The summed E-state index contributed by atoms with van der Waals surface area (Å²) >= 11 is 0. The molecule has 1 aliphatic carbocycles. The van der Waals surface area contributed by atoms with Gasteiger partial charge in [0.2, 0.25) is 5.91 Å². The zero-order chi connectivity index (χ0) is 13.1. The van der Waals surface area contributed by atoms with Crippen LogP contribution in [-0.2, 0) is 16.1 Å². The fourth-order valence-electron chi connectivity index (χ4n) is 2.08. The maximum absolute atomic E-state index is 12.9. The zero-order valence-electron chi connectivity index (χ0n) is 9.73. The van der Waals surface area contributed by atoms with Crippen LogP contribution in [0.3, 0.4) is 0 Å². The Labute approximate surface area is 104 Å². The van der Waals surface area contributed by atoms with Crippen molar-refractivity contribution in [1.29, 1.82) is 0 Å². The van der Waals surface area contributed by atoms with Gasteiger partial charge in [-0.3, -0.25) is 9.59 Å². The molecule has 0 heterocycles. The lowest BCUT2D eigenvalue weighted by Gasteiger charge is -2.31. The van der Waals surface area contributed by atoms with E-state index in [9.17, 15) is 14.0 Å². The summed E-state index contributed by atoms with van der Waals surface area (Å²) in [4.78, 5) is 22.5. The summed E-state index contributed by atoms with van der Waals surface area (Å²) in [6.07, 6.45) is 1.15. The molecule has 96 valence electrons. The molecule has 0 bridgehead atoms. The molecule has 0 radical (unpaired) electrons. The summed E-state index contributed by atoms with van der Waals surface area (Å²) < 4.78 is 12.9. The second kappa shape index (κ2) is 5.16. The molecule has 2 N–H and O–H groups in total. The van der Waals surface area contributed by atoms with Crippen molar-refractivity contribution in [3.05, 3.63) is 35.6 Å². The molecular formula is C13H14FNO3. The van der Waals surface area contributed by atoms with Crippen molar-refractivity contribution in [2.45, 2.75) is 19.4 Å². The first kappa shape index (κ1) is 12.5. The van der Waals surface area contributed by atoms with E-state index in [0.717, 1.165) is 0 Å². The van der Waals surface area contributed by atoms with Crippen molar-refractivity contribution in [2.24, 2.45) is 11.8 Å². The van der Waals surface area contributed by atoms with Crippen LogP contribution in [0.15, 0.2) is 24.3 Å². The second-order valence-corrected chi connectivity index (χ2v) is 4.48. The summed E-state index contributed by atoms with van der Waals surface area (Å²) in [6.45, 7) is 0.222. The molecule has 0 spiro atoms. The van der Waals surface area contributed by atoms with Crippen LogP contribution in [0.4, 0.5) is 4.39 Å². The van der Waals surface area contributed by atoms with Crippen molar-refractivity contribution >= 4 is 11.9 Å². The Hall–Kier alpha value is -1.91. The van der Waals surface area contributed by atoms with Gasteiger partial charge in [0.25, 0.3) is 0 Å². The average molecular weight is 251 g/mol. The molecule has 2 atom stereocenters. The van der Waals surface area contributed by atoms with Crippen LogP contribution in [0, 0.1) is 17.7 Å². The van der Waals surface area contributed by atoms with Crippen LogP contribution in [-0.4, -0.2) is 17.0 Å². The molecular weight excluding hydrogens is 237 g/mol. The molecule has 2 unspecified atom stereocenters. The standard InChI is InChI=1S/C13H14FNO3/c14-9-3-1-2-8(6-9)7-15-12(16)10-4-5-11(10)13(17)18/h1-3,6,10-11H,4-5,7H2,(H,15,16)(H,17,18). The summed E-state index contributed by atoms with van der Waals surface area (Å²) in [5.41, 5.74) is 0.662. The van der Waals surface area contributed by atoms with Gasteiger partial charge in [-0.1, -0.05) is 12.1 Å². The predicted octanol–water partition coefficient (Wildman–Crippen LogP) is 1.55. The Kier molecular flexibility index (Phi) is 3.60. The molecule has 4 nitrogen and oxygen atoms in total. The van der Waals surface area contributed by atoms with Gasteiger partial charge >= 0.3 is 5.97 Å². The first-order valence-electron chi connectivity index (χ1n) is 5.83. The number of carbonyl (C=O) groups is 2. The summed E-state index contributed by atoms with van der Waals surface area (Å²) in [6, 6.07) is 5.95. The van der Waals surface area contributed by atoms with Crippen molar-refractivity contribution < 1.29 is 19.1 Å². The third-order valence-corrected chi connectivity index (χ3v) is 3.28. The van der Waals surface area contributed by atoms with Crippen LogP contribution >= 0.6 is 0 Å². The highest BCUT2D eigenvalue weighted by molar-refractivity contribution is 5.86. The SMILES string of the molecule is O=C(O)C1CCC1C(=O)NCc1cccc(F)c1. The molecule has 1 amide bonds. The van der Waals surface area contributed by atoms with E-state index in [1.165, 1.54) is 12.1 Å². The first-order chi connectivity index (χ1) is 8.58. The van der Waals surface area contributed by atoms with E-state index in [-0.39, 0.29) is 18.3 Å². The van der Waals surface area contributed by atoms with E-state index in [4.69, 9.17) is 5.11 Å². The van der Waals surface area contributed by atoms with Crippen molar-refractivity contribution in [1.82, 2.24) is 5.32 Å². The van der Waals surface area contributed by atoms with Crippen molar-refractivity contribution in [2.75, 3.05) is 0 Å². The number of halogens is 1. The van der Waals surface area contributed by atoms with Crippen LogP contribution in [0.5, 0.6) is 0 Å². The van der Waals surface area contributed by atoms with Crippen LogP contribution in [0.25, 0.3) is 0 Å². The Balaban J connectivity index is 1.87. The number of hydrogen-bond acceptors (Lipinski definition) is 2. The number of benzene rings is 1. The fraction of sp³-hybridized carbons (Fsp3) is 0.385. The Morgan fingerprint density at radius 2 is 2.06 bits per heavy atom. The lowest BCUT2D eigenvalue weighted by molar-refractivity contribution is -0.152. The van der Waals surface area contributed by atoms with Crippen LogP contribution in [0.2, 0.25) is 0 Å². The molecule has 5 heteroatoms. The topological polar surface area (TPSA) is 66.4 Å². The van der Waals surface area contributed by atoms with Crippen molar-refractivity contribution in [3.63, 3.8) is 0 Å². The van der Waals surface area contributed by atoms with Crippen LogP contribution < -0.4 is 5.32 Å². The zero-order valence-corrected chi connectivity index (χ0v) is 9.73. The Morgan fingerprint density at radius 3 is 2.61 bits per heavy atom. The molecule has 1 aromatic rings. The quantitative estimate of drug-likeness (QED) is 0.853. The minimum Gasteiger partial charge on any atom is -0.481 e. The number of amides is 1. The predicted molar refractivity (Wildman–Crippen MR) is 62.1 cm³/mol. The van der Waals surface area contributed by atoms with E-state index >= 15 is 0 Å². The molecule has 0 aromatic heterocycles. The molecule has 1 aromatic carbocycles. The summed E-state index contributed by atoms with van der Waals surface area (Å²) in [5, 5.41) is 11.5. The van der Waals surface area contributed by atoms with Crippen molar-refractivity contribution in [3.8, 4) is 0 Å². The Bertz CT molecular complexity index is 475. The molecule has 0 aliphatic heterocycles. The maximum atomic E-state index is 12.9. The van der Waals surface area contributed by atoms with E-state index < -0.39 is 17.8 Å². The average Bonchev–Trinajstić information content (AvgIpc) is 2.24. The molecule has 1 fully saturated rings. The number of carbonyl (C=O) groups excluding carboxylic acids is 1. The second-order valence-electron chi connectivity index (χ2n) is 4.48. The van der Waals surface area contributed by atoms with Gasteiger partial charge in [-0.15, -0.1) is 0 Å². The normalized spacial score (nSPS) is 22.1. The highest BCUT2D eigenvalue weighted by atomic mass is 19.1. The van der Waals surface area contributed by atoms with Gasteiger partial charge in [-0.25, -0.2) is 4.39 Å². The van der Waals surface area contributed by atoms with Gasteiger partial charge in [0, 0.05) is 6.54 Å². The third kappa shape index (κ3) is 2.67. The van der Waals surface area contributed by atoms with E-state index in [0.29, 0.717) is 18.4 Å². The smallest absolute Gasteiger partial charge is 0.307 e. The summed E-state index contributed by atoms with van der Waals surface area (Å²) in [7, 11) is 0.